The predicted molar refractivity (Wildman–Crippen MR) is 93.6 cm³/mol. The van der Waals surface area contributed by atoms with Crippen LogP contribution in [0.5, 0.6) is 0 Å². The lowest BCUT2D eigenvalue weighted by Crippen LogP contribution is -2.45. The summed E-state index contributed by atoms with van der Waals surface area (Å²) in [6.07, 6.45) is 7.99. The largest absolute Gasteiger partial charge is 0.472 e. The molecule has 2 heterocycles. The molecule has 0 fully saturated rings. The second-order valence-corrected chi connectivity index (χ2v) is 5.88. The van der Waals surface area contributed by atoms with Crippen LogP contribution in [0.1, 0.15) is 32.6 Å². The van der Waals surface area contributed by atoms with Crippen molar-refractivity contribution < 1.29 is 19.2 Å². The number of unbranched alkanes of at least 4 members (excludes halogenated alkanes) is 2. The number of hydroxylamine groups is 2. The molecule has 0 saturated carbocycles. The summed E-state index contributed by atoms with van der Waals surface area (Å²) < 4.78 is 5.03. The lowest BCUT2D eigenvalue weighted by molar-refractivity contribution is -0.154. The van der Waals surface area contributed by atoms with Crippen molar-refractivity contribution in [2.24, 2.45) is 11.8 Å². The van der Waals surface area contributed by atoms with Gasteiger partial charge in [-0.1, -0.05) is 26.2 Å². The maximum absolute atomic E-state index is 12.7. The second kappa shape index (κ2) is 9.64. The van der Waals surface area contributed by atoms with Crippen LogP contribution < -0.4 is 10.9 Å². The molecule has 9 nitrogen and oxygen atoms in total. The van der Waals surface area contributed by atoms with E-state index in [0.29, 0.717) is 17.2 Å². The van der Waals surface area contributed by atoms with Gasteiger partial charge in [0.2, 0.25) is 18.3 Å². The minimum Gasteiger partial charge on any atom is -0.472 e. The highest BCUT2D eigenvalue weighted by Gasteiger charge is 2.26. The number of nitrogens with two attached hydrogens (primary N) is 1. The zero-order valence-corrected chi connectivity index (χ0v) is 14.6. The smallest absolute Gasteiger partial charge is 0.248 e. The molecule has 0 aliphatic carbocycles. The van der Waals surface area contributed by atoms with Gasteiger partial charge in [0.1, 0.15) is 0 Å². The van der Waals surface area contributed by atoms with E-state index >= 15 is 0 Å². The van der Waals surface area contributed by atoms with E-state index in [2.05, 4.69) is 9.97 Å². The van der Waals surface area contributed by atoms with Gasteiger partial charge in [0.25, 0.3) is 0 Å². The van der Waals surface area contributed by atoms with Gasteiger partial charge < -0.3 is 4.42 Å². The summed E-state index contributed by atoms with van der Waals surface area (Å²) in [7, 11) is 0. The van der Waals surface area contributed by atoms with Gasteiger partial charge in [-0.25, -0.2) is 25.9 Å². The van der Waals surface area contributed by atoms with Crippen molar-refractivity contribution in [3.05, 3.63) is 30.9 Å². The SMILES string of the molecule is CCCCC[C@@H](CN(O)C=O)C(=O)N(N)c1nccc(-c2ccoc2)n1. The van der Waals surface area contributed by atoms with E-state index in [1.807, 2.05) is 6.92 Å². The quantitative estimate of drug-likeness (QED) is 0.165. The minimum atomic E-state index is -0.650. The molecule has 0 spiro atoms. The van der Waals surface area contributed by atoms with Gasteiger partial charge in [-0.3, -0.25) is 14.8 Å². The number of carbonyl (C=O) groups excluding carboxylic acids is 2. The minimum absolute atomic E-state index is 0.0322. The highest BCUT2D eigenvalue weighted by molar-refractivity contribution is 5.92. The van der Waals surface area contributed by atoms with E-state index in [1.54, 1.807) is 12.1 Å². The average Bonchev–Trinajstić information content (AvgIpc) is 3.21. The molecule has 140 valence electrons. The molecule has 2 rings (SSSR count). The third kappa shape index (κ3) is 5.11. The summed E-state index contributed by atoms with van der Waals surface area (Å²) in [6.45, 7) is 1.91. The van der Waals surface area contributed by atoms with Crippen molar-refractivity contribution >= 4 is 18.3 Å². The normalized spacial score (nSPS) is 11.8. The molecule has 0 aliphatic rings. The molecule has 0 aliphatic heterocycles. The summed E-state index contributed by atoms with van der Waals surface area (Å²) in [5.74, 6) is 4.85. The Hall–Kier alpha value is -2.78. The fourth-order valence-electron chi connectivity index (χ4n) is 2.53. The van der Waals surface area contributed by atoms with Crippen LogP contribution in [0.2, 0.25) is 0 Å². The Balaban J connectivity index is 2.16. The van der Waals surface area contributed by atoms with Gasteiger partial charge in [-0.05, 0) is 18.6 Å². The van der Waals surface area contributed by atoms with Crippen molar-refractivity contribution in [2.75, 3.05) is 11.6 Å². The van der Waals surface area contributed by atoms with Gasteiger partial charge in [0, 0.05) is 11.8 Å². The van der Waals surface area contributed by atoms with Crippen LogP contribution in [-0.4, -0.2) is 39.1 Å². The maximum atomic E-state index is 12.7. The fraction of sp³-hybridized carbons (Fsp3) is 0.412. The molecular weight excluding hydrogens is 338 g/mol. The first-order valence-corrected chi connectivity index (χ1v) is 8.42. The standard InChI is InChI=1S/C17H23N5O4/c1-2-3-4-5-13(10-21(25)12-23)16(24)22(18)17-19-8-6-15(20-17)14-7-9-26-11-14/h6-9,11-13,25H,2-5,10,18H2,1H3/t13-/m0/s1. The van der Waals surface area contributed by atoms with E-state index in [1.165, 1.54) is 18.7 Å². The van der Waals surface area contributed by atoms with Crippen LogP contribution in [0.15, 0.2) is 35.3 Å². The van der Waals surface area contributed by atoms with Crippen LogP contribution in [0, 0.1) is 5.92 Å². The van der Waals surface area contributed by atoms with Gasteiger partial charge in [0.05, 0.1) is 30.7 Å². The van der Waals surface area contributed by atoms with E-state index in [4.69, 9.17) is 10.3 Å². The van der Waals surface area contributed by atoms with E-state index in [0.717, 1.165) is 29.8 Å². The van der Waals surface area contributed by atoms with Crippen LogP contribution in [0.3, 0.4) is 0 Å². The van der Waals surface area contributed by atoms with Crippen molar-refractivity contribution in [1.82, 2.24) is 15.0 Å². The van der Waals surface area contributed by atoms with Crippen LogP contribution in [0.25, 0.3) is 11.3 Å². The van der Waals surface area contributed by atoms with Crippen molar-refractivity contribution in [2.45, 2.75) is 32.6 Å². The Labute approximate surface area is 151 Å². The molecule has 26 heavy (non-hydrogen) atoms. The second-order valence-electron chi connectivity index (χ2n) is 5.88. The molecular formula is C17H23N5O4. The summed E-state index contributed by atoms with van der Waals surface area (Å²) in [6, 6.07) is 3.41. The van der Waals surface area contributed by atoms with Crippen LogP contribution in [0.4, 0.5) is 5.95 Å². The topological polar surface area (TPSA) is 126 Å². The van der Waals surface area contributed by atoms with Crippen LogP contribution >= 0.6 is 0 Å². The monoisotopic (exact) mass is 361 g/mol. The van der Waals surface area contributed by atoms with Gasteiger partial charge >= 0.3 is 0 Å². The number of carbonyl (C=O) groups is 2. The Morgan fingerprint density at radius 2 is 2.23 bits per heavy atom. The summed E-state index contributed by atoms with van der Waals surface area (Å²) in [5, 5.41) is 10.8. The average molecular weight is 361 g/mol. The first-order valence-electron chi connectivity index (χ1n) is 8.42. The fourth-order valence-corrected chi connectivity index (χ4v) is 2.53. The maximum Gasteiger partial charge on any atom is 0.248 e. The van der Waals surface area contributed by atoms with E-state index < -0.39 is 11.8 Å². The molecule has 0 unspecified atom stereocenters. The summed E-state index contributed by atoms with van der Waals surface area (Å²) >= 11 is 0. The lowest BCUT2D eigenvalue weighted by Gasteiger charge is -2.23. The highest BCUT2D eigenvalue weighted by atomic mass is 16.5. The molecule has 1 atom stereocenters. The number of hydrazine groups is 1. The number of aromatic nitrogens is 2. The highest BCUT2D eigenvalue weighted by Crippen LogP contribution is 2.20. The number of nitrogens with zero attached hydrogens (tertiary/aromatic N) is 4. The Morgan fingerprint density at radius 3 is 2.88 bits per heavy atom. The third-order valence-electron chi connectivity index (χ3n) is 3.95. The molecule has 2 amide bonds. The molecule has 0 radical (unpaired) electrons. The Kier molecular flexibility index (Phi) is 7.24. The van der Waals surface area contributed by atoms with Gasteiger partial charge in [-0.2, -0.15) is 0 Å². The predicted octanol–water partition coefficient (Wildman–Crippen LogP) is 1.99. The van der Waals surface area contributed by atoms with Crippen molar-refractivity contribution in [3.8, 4) is 11.3 Å². The molecule has 2 aromatic rings. The van der Waals surface area contributed by atoms with E-state index in [-0.39, 0.29) is 18.9 Å². The Bertz CT molecular complexity index is 707. The number of rotatable bonds is 10. The number of amides is 2. The number of hydrogen-bond donors (Lipinski definition) is 2. The van der Waals surface area contributed by atoms with Gasteiger partial charge in [-0.15, -0.1) is 0 Å². The third-order valence-corrected chi connectivity index (χ3v) is 3.95. The molecule has 0 aromatic carbocycles. The summed E-state index contributed by atoms with van der Waals surface area (Å²) in [5.41, 5.74) is 1.29. The Morgan fingerprint density at radius 1 is 1.42 bits per heavy atom. The van der Waals surface area contributed by atoms with E-state index in [9.17, 15) is 14.8 Å². The van der Waals surface area contributed by atoms with Crippen LogP contribution in [-0.2, 0) is 9.59 Å². The lowest BCUT2D eigenvalue weighted by atomic mass is 10.00. The number of anilines is 1. The molecule has 9 heteroatoms. The first kappa shape index (κ1) is 19.5. The van der Waals surface area contributed by atoms with Gasteiger partial charge in [0.15, 0.2) is 0 Å². The zero-order chi connectivity index (χ0) is 18.9. The molecule has 0 saturated heterocycles. The van der Waals surface area contributed by atoms with Crippen molar-refractivity contribution in [3.63, 3.8) is 0 Å². The molecule has 3 N–H and O–H groups in total. The number of furan rings is 1. The number of hydrogen-bond acceptors (Lipinski definition) is 7. The van der Waals surface area contributed by atoms with Crippen molar-refractivity contribution in [1.29, 1.82) is 0 Å². The molecule has 0 bridgehead atoms. The molecule has 2 aromatic heterocycles. The summed E-state index contributed by atoms with van der Waals surface area (Å²) in [4.78, 5) is 31.7. The zero-order valence-electron chi connectivity index (χ0n) is 14.6. The first-order chi connectivity index (χ1) is 12.6.